The molecule has 0 atom stereocenters. The van der Waals surface area contributed by atoms with Gasteiger partial charge in [-0.05, 0) is 12.1 Å². The van der Waals surface area contributed by atoms with Crippen LogP contribution in [0.1, 0.15) is 5.56 Å². The molecule has 0 fully saturated rings. The molecule has 7 heteroatoms. The first kappa shape index (κ1) is 13.2. The van der Waals surface area contributed by atoms with Gasteiger partial charge in [-0.1, -0.05) is 30.4 Å². The van der Waals surface area contributed by atoms with Crippen molar-refractivity contribution >= 4 is 33.9 Å². The third kappa shape index (κ3) is 2.46. The molecular formula is C14H10N4O2S. The molecule has 0 spiro atoms. The fraction of sp³-hybridized carbons (Fsp3) is 0. The van der Waals surface area contributed by atoms with E-state index in [9.17, 15) is 10.1 Å². The van der Waals surface area contributed by atoms with Crippen molar-refractivity contribution in [2.24, 2.45) is 5.73 Å². The average molecular weight is 298 g/mol. The predicted octanol–water partition coefficient (Wildman–Crippen LogP) is 2.77. The van der Waals surface area contributed by atoms with Crippen molar-refractivity contribution in [2.45, 2.75) is 0 Å². The number of aromatic amines is 1. The largest absolute Gasteiger partial charge is 0.389 e. The SMILES string of the molecule is NC(=S)c1cccc(-c2nc3ccc([N+](=O)[O-])cc3[nH]2)c1. The Morgan fingerprint density at radius 1 is 1.29 bits per heavy atom. The summed E-state index contributed by atoms with van der Waals surface area (Å²) in [5.74, 6) is 0.614. The van der Waals surface area contributed by atoms with Gasteiger partial charge in [0.25, 0.3) is 5.69 Å². The van der Waals surface area contributed by atoms with Crippen LogP contribution in [0.15, 0.2) is 42.5 Å². The molecule has 21 heavy (non-hydrogen) atoms. The number of nitrogens with two attached hydrogens (primary N) is 1. The maximum atomic E-state index is 10.8. The number of fused-ring (bicyclic) bond motifs is 1. The van der Waals surface area contributed by atoms with Crippen LogP contribution in [0.2, 0.25) is 0 Å². The Labute approximate surface area is 124 Å². The number of aromatic nitrogens is 2. The molecule has 3 N–H and O–H groups in total. The van der Waals surface area contributed by atoms with Crippen molar-refractivity contribution in [3.63, 3.8) is 0 Å². The number of nitrogens with one attached hydrogen (secondary N) is 1. The molecule has 2 aromatic carbocycles. The molecule has 1 aromatic heterocycles. The van der Waals surface area contributed by atoms with E-state index in [0.717, 1.165) is 11.1 Å². The number of nitrogens with zero attached hydrogens (tertiary/aromatic N) is 2. The van der Waals surface area contributed by atoms with Crippen LogP contribution in [0.25, 0.3) is 22.4 Å². The van der Waals surface area contributed by atoms with Crippen molar-refractivity contribution in [1.29, 1.82) is 0 Å². The molecule has 0 bridgehead atoms. The molecule has 6 nitrogen and oxygen atoms in total. The van der Waals surface area contributed by atoms with Crippen molar-refractivity contribution in [1.82, 2.24) is 9.97 Å². The number of H-pyrrole nitrogens is 1. The maximum Gasteiger partial charge on any atom is 0.271 e. The van der Waals surface area contributed by atoms with Gasteiger partial charge in [0.1, 0.15) is 10.8 Å². The Morgan fingerprint density at radius 3 is 2.81 bits per heavy atom. The van der Waals surface area contributed by atoms with Crippen LogP contribution in [0.3, 0.4) is 0 Å². The van der Waals surface area contributed by atoms with Gasteiger partial charge >= 0.3 is 0 Å². The van der Waals surface area contributed by atoms with Crippen LogP contribution in [0, 0.1) is 10.1 Å². The minimum absolute atomic E-state index is 0.0228. The predicted molar refractivity (Wildman–Crippen MR) is 84.1 cm³/mol. The number of rotatable bonds is 3. The molecule has 0 aliphatic heterocycles. The summed E-state index contributed by atoms with van der Waals surface area (Å²) in [6.07, 6.45) is 0. The van der Waals surface area contributed by atoms with E-state index in [2.05, 4.69) is 9.97 Å². The second-order valence-electron chi connectivity index (χ2n) is 4.49. The fourth-order valence-corrected chi connectivity index (χ4v) is 2.19. The summed E-state index contributed by atoms with van der Waals surface area (Å²) in [4.78, 5) is 18.2. The van der Waals surface area contributed by atoms with Crippen molar-refractivity contribution < 1.29 is 4.92 Å². The summed E-state index contributed by atoms with van der Waals surface area (Å²) < 4.78 is 0. The smallest absolute Gasteiger partial charge is 0.271 e. The Hall–Kier alpha value is -2.80. The van der Waals surface area contributed by atoms with E-state index in [0.29, 0.717) is 21.8 Å². The Balaban J connectivity index is 2.10. The summed E-state index contributed by atoms with van der Waals surface area (Å²) >= 11 is 4.95. The van der Waals surface area contributed by atoms with Crippen LogP contribution >= 0.6 is 12.2 Å². The Morgan fingerprint density at radius 2 is 2.10 bits per heavy atom. The van der Waals surface area contributed by atoms with Gasteiger partial charge in [-0.25, -0.2) is 4.98 Å². The topological polar surface area (TPSA) is 97.8 Å². The molecule has 0 aliphatic rings. The van der Waals surface area contributed by atoms with Gasteiger partial charge in [0.2, 0.25) is 0 Å². The van der Waals surface area contributed by atoms with Gasteiger partial charge in [-0.2, -0.15) is 0 Å². The highest BCUT2D eigenvalue weighted by Crippen LogP contribution is 2.24. The lowest BCUT2D eigenvalue weighted by Gasteiger charge is -2.00. The standard InChI is InChI=1S/C14H10N4O2S/c15-13(21)8-2-1-3-9(6-8)14-16-11-5-4-10(18(19)20)7-12(11)17-14/h1-7H,(H2,15,21)(H,16,17). The van der Waals surface area contributed by atoms with Crippen LogP contribution in [0.5, 0.6) is 0 Å². The molecule has 104 valence electrons. The van der Waals surface area contributed by atoms with E-state index in [4.69, 9.17) is 18.0 Å². The van der Waals surface area contributed by atoms with Gasteiger partial charge in [0, 0.05) is 23.3 Å². The van der Waals surface area contributed by atoms with E-state index >= 15 is 0 Å². The molecule has 0 saturated carbocycles. The number of hydrogen-bond donors (Lipinski definition) is 2. The van der Waals surface area contributed by atoms with Crippen molar-refractivity contribution in [2.75, 3.05) is 0 Å². The maximum absolute atomic E-state index is 10.8. The minimum Gasteiger partial charge on any atom is -0.389 e. The summed E-state index contributed by atoms with van der Waals surface area (Å²) in [6, 6.07) is 11.9. The van der Waals surface area contributed by atoms with Gasteiger partial charge < -0.3 is 10.7 Å². The van der Waals surface area contributed by atoms with Gasteiger partial charge in [-0.3, -0.25) is 10.1 Å². The molecule has 0 unspecified atom stereocenters. The van der Waals surface area contributed by atoms with E-state index in [-0.39, 0.29) is 5.69 Å². The highest BCUT2D eigenvalue weighted by molar-refractivity contribution is 7.80. The lowest BCUT2D eigenvalue weighted by molar-refractivity contribution is -0.384. The van der Waals surface area contributed by atoms with Crippen molar-refractivity contribution in [3.05, 3.63) is 58.1 Å². The van der Waals surface area contributed by atoms with E-state index in [1.807, 2.05) is 24.3 Å². The fourth-order valence-electron chi connectivity index (χ4n) is 2.07. The van der Waals surface area contributed by atoms with Gasteiger partial charge in [0.15, 0.2) is 0 Å². The minimum atomic E-state index is -0.437. The van der Waals surface area contributed by atoms with Crippen LogP contribution in [0.4, 0.5) is 5.69 Å². The van der Waals surface area contributed by atoms with E-state index in [1.165, 1.54) is 12.1 Å². The first-order valence-electron chi connectivity index (χ1n) is 6.09. The molecule has 0 radical (unpaired) electrons. The molecule has 1 heterocycles. The zero-order valence-corrected chi connectivity index (χ0v) is 11.6. The van der Waals surface area contributed by atoms with Gasteiger partial charge in [-0.15, -0.1) is 0 Å². The summed E-state index contributed by atoms with van der Waals surface area (Å²) in [6.45, 7) is 0. The van der Waals surface area contributed by atoms with E-state index in [1.54, 1.807) is 6.07 Å². The number of non-ortho nitro benzene ring substituents is 1. The van der Waals surface area contributed by atoms with Crippen LogP contribution in [-0.4, -0.2) is 19.9 Å². The number of hydrogen-bond acceptors (Lipinski definition) is 4. The molecule has 0 aliphatic carbocycles. The first-order valence-corrected chi connectivity index (χ1v) is 6.50. The van der Waals surface area contributed by atoms with Crippen LogP contribution < -0.4 is 5.73 Å². The third-order valence-electron chi connectivity index (χ3n) is 3.10. The number of benzene rings is 2. The number of nitro groups is 1. The summed E-state index contributed by atoms with van der Waals surface area (Å²) in [5, 5.41) is 10.8. The van der Waals surface area contributed by atoms with Crippen molar-refractivity contribution in [3.8, 4) is 11.4 Å². The second-order valence-corrected chi connectivity index (χ2v) is 4.93. The highest BCUT2D eigenvalue weighted by atomic mass is 32.1. The molecule has 3 rings (SSSR count). The highest BCUT2D eigenvalue weighted by Gasteiger charge is 2.11. The molecule has 0 saturated heterocycles. The number of nitro benzene ring substituents is 1. The molecular weight excluding hydrogens is 288 g/mol. The number of thiocarbonyl (C=S) groups is 1. The monoisotopic (exact) mass is 298 g/mol. The van der Waals surface area contributed by atoms with E-state index < -0.39 is 4.92 Å². The number of imidazole rings is 1. The Bertz CT molecular complexity index is 872. The lowest BCUT2D eigenvalue weighted by atomic mass is 10.1. The normalized spacial score (nSPS) is 10.7. The lowest BCUT2D eigenvalue weighted by Crippen LogP contribution is -2.08. The Kier molecular flexibility index (Phi) is 3.11. The first-order chi connectivity index (χ1) is 10.0. The van der Waals surface area contributed by atoms with Crippen LogP contribution in [-0.2, 0) is 0 Å². The van der Waals surface area contributed by atoms with Gasteiger partial charge in [0.05, 0.1) is 16.0 Å². The summed E-state index contributed by atoms with van der Waals surface area (Å²) in [5.41, 5.74) is 8.47. The zero-order chi connectivity index (χ0) is 15.0. The zero-order valence-electron chi connectivity index (χ0n) is 10.7. The quantitative estimate of drug-likeness (QED) is 0.440. The average Bonchev–Trinajstić information content (AvgIpc) is 2.90. The summed E-state index contributed by atoms with van der Waals surface area (Å²) in [7, 11) is 0. The second kappa shape index (κ2) is 4.95. The third-order valence-corrected chi connectivity index (χ3v) is 3.33. The molecule has 3 aromatic rings. The molecule has 0 amide bonds.